The summed E-state index contributed by atoms with van der Waals surface area (Å²) in [6.07, 6.45) is 5.46. The highest BCUT2D eigenvalue weighted by Gasteiger charge is 2.31. The lowest BCUT2D eigenvalue weighted by atomic mass is 10.1. The maximum absolute atomic E-state index is 12.6. The SMILES string of the molecule is CSc1ccccc1C(=O)N[C@@H]1COCC[C@@H]1OCC1CC1. The lowest BCUT2D eigenvalue weighted by Crippen LogP contribution is -2.50. The molecule has 22 heavy (non-hydrogen) atoms. The first kappa shape index (κ1) is 15.8. The summed E-state index contributed by atoms with van der Waals surface area (Å²) in [5.74, 6) is 0.692. The third-order valence-corrected chi connectivity index (χ3v) is 5.00. The molecule has 0 radical (unpaired) electrons. The van der Waals surface area contributed by atoms with E-state index in [4.69, 9.17) is 9.47 Å². The van der Waals surface area contributed by atoms with E-state index in [1.807, 2.05) is 30.5 Å². The number of ether oxygens (including phenoxy) is 2. The molecule has 2 aliphatic rings. The zero-order valence-electron chi connectivity index (χ0n) is 12.9. The van der Waals surface area contributed by atoms with Crippen LogP contribution in [0.3, 0.4) is 0 Å². The van der Waals surface area contributed by atoms with Gasteiger partial charge in [0, 0.05) is 18.1 Å². The van der Waals surface area contributed by atoms with E-state index >= 15 is 0 Å². The lowest BCUT2D eigenvalue weighted by molar-refractivity contribution is -0.0567. The van der Waals surface area contributed by atoms with Crippen molar-refractivity contribution in [2.24, 2.45) is 5.92 Å². The molecular formula is C17H23NO3S. The molecule has 0 spiro atoms. The number of carbonyl (C=O) groups excluding carboxylic acids is 1. The van der Waals surface area contributed by atoms with Crippen molar-refractivity contribution < 1.29 is 14.3 Å². The second-order valence-electron chi connectivity index (χ2n) is 5.96. The van der Waals surface area contributed by atoms with Crippen LogP contribution in [0, 0.1) is 5.92 Å². The predicted molar refractivity (Wildman–Crippen MR) is 87.4 cm³/mol. The second kappa shape index (κ2) is 7.49. The fourth-order valence-electron chi connectivity index (χ4n) is 2.67. The minimum absolute atomic E-state index is 0.0412. The first-order valence-electron chi connectivity index (χ1n) is 7.91. The van der Waals surface area contributed by atoms with Crippen LogP contribution in [0.1, 0.15) is 29.6 Å². The quantitative estimate of drug-likeness (QED) is 0.819. The highest BCUT2D eigenvalue weighted by molar-refractivity contribution is 7.98. The van der Waals surface area contributed by atoms with E-state index in [1.165, 1.54) is 12.8 Å². The highest BCUT2D eigenvalue weighted by Crippen LogP contribution is 2.30. The van der Waals surface area contributed by atoms with Crippen molar-refractivity contribution in [1.29, 1.82) is 0 Å². The van der Waals surface area contributed by atoms with Crippen molar-refractivity contribution in [2.45, 2.75) is 36.3 Å². The van der Waals surface area contributed by atoms with Gasteiger partial charge in [0.05, 0.1) is 24.3 Å². The van der Waals surface area contributed by atoms with Gasteiger partial charge in [0.2, 0.25) is 0 Å². The molecule has 0 unspecified atom stereocenters. The van der Waals surface area contributed by atoms with Crippen LogP contribution in [0.2, 0.25) is 0 Å². The zero-order valence-corrected chi connectivity index (χ0v) is 13.7. The maximum Gasteiger partial charge on any atom is 0.252 e. The molecule has 1 aliphatic carbocycles. The van der Waals surface area contributed by atoms with Crippen LogP contribution in [0.25, 0.3) is 0 Å². The normalized spacial score (nSPS) is 25.0. The van der Waals surface area contributed by atoms with Crippen LogP contribution >= 0.6 is 11.8 Å². The molecule has 1 amide bonds. The molecule has 0 aromatic heterocycles. The standard InChI is InChI=1S/C17H23NO3S/c1-22-16-5-3-2-4-13(16)17(19)18-14-11-20-9-8-15(14)21-10-12-6-7-12/h2-5,12,14-15H,6-11H2,1H3,(H,18,19)/t14-,15+/m1/s1. The largest absolute Gasteiger partial charge is 0.379 e. The van der Waals surface area contributed by atoms with Gasteiger partial charge in [0.15, 0.2) is 0 Å². The number of carbonyl (C=O) groups is 1. The molecule has 2 fully saturated rings. The summed E-state index contributed by atoms with van der Waals surface area (Å²) < 4.78 is 11.5. The fourth-order valence-corrected chi connectivity index (χ4v) is 3.27. The highest BCUT2D eigenvalue weighted by atomic mass is 32.2. The third kappa shape index (κ3) is 4.03. The van der Waals surface area contributed by atoms with Gasteiger partial charge >= 0.3 is 0 Å². The summed E-state index contributed by atoms with van der Waals surface area (Å²) in [5, 5.41) is 3.10. The van der Waals surface area contributed by atoms with E-state index in [9.17, 15) is 4.79 Å². The molecule has 3 rings (SSSR count). The molecule has 0 bridgehead atoms. The van der Waals surface area contributed by atoms with Crippen LogP contribution in [0.15, 0.2) is 29.2 Å². The molecule has 2 atom stereocenters. The maximum atomic E-state index is 12.6. The Kier molecular flexibility index (Phi) is 5.39. The van der Waals surface area contributed by atoms with Gasteiger partial charge in [0.1, 0.15) is 0 Å². The van der Waals surface area contributed by atoms with E-state index in [-0.39, 0.29) is 18.1 Å². The zero-order chi connectivity index (χ0) is 15.4. The second-order valence-corrected chi connectivity index (χ2v) is 6.81. The van der Waals surface area contributed by atoms with E-state index in [1.54, 1.807) is 11.8 Å². The molecule has 1 aliphatic heterocycles. The number of thioether (sulfide) groups is 1. The third-order valence-electron chi connectivity index (χ3n) is 4.20. The molecule has 4 nitrogen and oxygen atoms in total. The van der Waals surface area contributed by atoms with Gasteiger partial charge in [-0.3, -0.25) is 4.79 Å². The van der Waals surface area contributed by atoms with Gasteiger partial charge in [-0.2, -0.15) is 0 Å². The number of benzene rings is 1. The molecule has 120 valence electrons. The van der Waals surface area contributed by atoms with Crippen LogP contribution in [-0.2, 0) is 9.47 Å². The van der Waals surface area contributed by atoms with Gasteiger partial charge in [-0.05, 0) is 43.6 Å². The molecule has 1 N–H and O–H groups in total. The molecule has 1 aromatic rings. The van der Waals surface area contributed by atoms with E-state index in [2.05, 4.69) is 5.32 Å². The summed E-state index contributed by atoms with van der Waals surface area (Å²) in [6, 6.07) is 7.62. The number of nitrogens with one attached hydrogen (secondary N) is 1. The van der Waals surface area contributed by atoms with Gasteiger partial charge in [-0.15, -0.1) is 11.8 Å². The Balaban J connectivity index is 1.62. The molecule has 1 saturated carbocycles. The average Bonchev–Trinajstić information content (AvgIpc) is 3.38. The monoisotopic (exact) mass is 321 g/mol. The number of amides is 1. The molecular weight excluding hydrogens is 298 g/mol. The van der Waals surface area contributed by atoms with Crippen molar-refractivity contribution in [3.8, 4) is 0 Å². The van der Waals surface area contributed by atoms with Crippen molar-refractivity contribution in [3.05, 3.63) is 29.8 Å². The minimum Gasteiger partial charge on any atom is -0.379 e. The van der Waals surface area contributed by atoms with Crippen molar-refractivity contribution in [2.75, 3.05) is 26.1 Å². The van der Waals surface area contributed by atoms with E-state index < -0.39 is 0 Å². The first-order chi connectivity index (χ1) is 10.8. The van der Waals surface area contributed by atoms with Crippen LogP contribution < -0.4 is 5.32 Å². The van der Waals surface area contributed by atoms with Crippen molar-refractivity contribution in [3.63, 3.8) is 0 Å². The van der Waals surface area contributed by atoms with Crippen LogP contribution in [0.4, 0.5) is 0 Å². The summed E-state index contributed by atoms with van der Waals surface area (Å²) >= 11 is 1.59. The summed E-state index contributed by atoms with van der Waals surface area (Å²) in [7, 11) is 0. The Morgan fingerprint density at radius 1 is 1.36 bits per heavy atom. The summed E-state index contributed by atoms with van der Waals surface area (Å²) in [4.78, 5) is 13.5. The molecule has 1 aromatic carbocycles. The Bertz CT molecular complexity index is 518. The smallest absolute Gasteiger partial charge is 0.252 e. The van der Waals surface area contributed by atoms with Gasteiger partial charge < -0.3 is 14.8 Å². The summed E-state index contributed by atoms with van der Waals surface area (Å²) in [5.41, 5.74) is 0.724. The van der Waals surface area contributed by atoms with Crippen LogP contribution in [-0.4, -0.2) is 44.1 Å². The average molecular weight is 321 g/mol. The number of hydrogen-bond donors (Lipinski definition) is 1. The van der Waals surface area contributed by atoms with E-state index in [0.717, 1.165) is 29.4 Å². The summed E-state index contributed by atoms with van der Waals surface area (Å²) in [6.45, 7) is 2.06. The first-order valence-corrected chi connectivity index (χ1v) is 9.13. The van der Waals surface area contributed by atoms with Gasteiger partial charge in [0.25, 0.3) is 5.91 Å². The Morgan fingerprint density at radius 3 is 2.95 bits per heavy atom. The number of hydrogen-bond acceptors (Lipinski definition) is 4. The topological polar surface area (TPSA) is 47.6 Å². The predicted octanol–water partition coefficient (Wildman–Crippen LogP) is 2.72. The van der Waals surface area contributed by atoms with E-state index in [0.29, 0.717) is 13.2 Å². The van der Waals surface area contributed by atoms with Crippen molar-refractivity contribution in [1.82, 2.24) is 5.32 Å². The van der Waals surface area contributed by atoms with Gasteiger partial charge in [-0.1, -0.05) is 12.1 Å². The minimum atomic E-state index is -0.0603. The lowest BCUT2D eigenvalue weighted by Gasteiger charge is -2.32. The Labute approximate surface area is 135 Å². The molecule has 5 heteroatoms. The molecule has 1 heterocycles. The van der Waals surface area contributed by atoms with Gasteiger partial charge in [-0.25, -0.2) is 0 Å². The molecule has 1 saturated heterocycles. The van der Waals surface area contributed by atoms with Crippen LogP contribution in [0.5, 0.6) is 0 Å². The Hall–Kier alpha value is -1.04. The number of rotatable bonds is 6. The Morgan fingerprint density at radius 2 is 2.18 bits per heavy atom. The fraction of sp³-hybridized carbons (Fsp3) is 0.588. The van der Waals surface area contributed by atoms with Crippen molar-refractivity contribution >= 4 is 17.7 Å².